The molecule has 0 aliphatic carbocycles. The number of halogens is 3. The van der Waals surface area contributed by atoms with Crippen LogP contribution in [0.5, 0.6) is 0 Å². The number of alkyl halides is 3. The Balaban J connectivity index is 2.94. The van der Waals surface area contributed by atoms with Crippen molar-refractivity contribution < 1.29 is 13.2 Å². The highest BCUT2D eigenvalue weighted by Crippen LogP contribution is 2.22. The predicted octanol–water partition coefficient (Wildman–Crippen LogP) is 1.84. The van der Waals surface area contributed by atoms with E-state index in [1.807, 2.05) is 0 Å². The zero-order valence-electron chi connectivity index (χ0n) is 8.99. The summed E-state index contributed by atoms with van der Waals surface area (Å²) in [5.74, 6) is 0.144. The molecule has 2 N–H and O–H groups in total. The number of nitrogens with two attached hydrogens (primary N) is 1. The van der Waals surface area contributed by atoms with Crippen LogP contribution in [0.4, 0.5) is 24.9 Å². The molecule has 90 valence electrons. The molecular weight excluding hydrogens is 221 g/mol. The van der Waals surface area contributed by atoms with E-state index >= 15 is 0 Å². The second-order valence-electron chi connectivity index (χ2n) is 3.61. The number of hydrogen-bond donors (Lipinski definition) is 1. The number of anilines is 2. The smallest absolute Gasteiger partial charge is 0.368 e. The molecule has 0 amide bonds. The van der Waals surface area contributed by atoms with Crippen LogP contribution < -0.4 is 10.6 Å². The summed E-state index contributed by atoms with van der Waals surface area (Å²) in [6.45, 7) is 2.26. The van der Waals surface area contributed by atoms with Gasteiger partial charge in [0.1, 0.15) is 12.4 Å². The molecule has 4 nitrogen and oxygen atoms in total. The maximum atomic E-state index is 12.3. The van der Waals surface area contributed by atoms with Gasteiger partial charge >= 0.3 is 6.18 Å². The fourth-order valence-electron chi connectivity index (χ4n) is 1.25. The molecule has 0 aliphatic rings. The largest absolute Gasteiger partial charge is 0.405 e. The molecule has 0 aromatic carbocycles. The van der Waals surface area contributed by atoms with Crippen LogP contribution in [0.1, 0.15) is 13.8 Å². The summed E-state index contributed by atoms with van der Waals surface area (Å²) in [6.07, 6.45) is -2.94. The lowest BCUT2D eigenvalue weighted by atomic mass is 10.3. The van der Waals surface area contributed by atoms with Crippen LogP contribution in [-0.4, -0.2) is 28.7 Å². The number of nitrogen functional groups attached to an aromatic ring is 1. The van der Waals surface area contributed by atoms with Crippen LogP contribution in [-0.2, 0) is 0 Å². The van der Waals surface area contributed by atoms with Crippen molar-refractivity contribution in [1.82, 2.24) is 9.97 Å². The van der Waals surface area contributed by atoms with Gasteiger partial charge in [0.25, 0.3) is 0 Å². The molecule has 0 atom stereocenters. The number of aromatic nitrogens is 2. The highest BCUT2D eigenvalue weighted by atomic mass is 19.4. The molecule has 0 fully saturated rings. The zero-order chi connectivity index (χ0) is 12.3. The van der Waals surface area contributed by atoms with Gasteiger partial charge in [-0.15, -0.1) is 0 Å². The van der Waals surface area contributed by atoms with Crippen LogP contribution in [0.2, 0.25) is 0 Å². The molecule has 1 aromatic rings. The Bertz CT molecular complexity index is 351. The minimum Gasteiger partial charge on any atom is -0.368 e. The summed E-state index contributed by atoms with van der Waals surface area (Å²) in [7, 11) is 0. The minimum absolute atomic E-state index is 0.0367. The minimum atomic E-state index is -4.27. The van der Waals surface area contributed by atoms with Crippen LogP contribution >= 0.6 is 0 Å². The van der Waals surface area contributed by atoms with Crippen LogP contribution in [0.15, 0.2) is 12.3 Å². The Hall–Kier alpha value is -1.53. The van der Waals surface area contributed by atoms with Crippen molar-refractivity contribution in [2.75, 3.05) is 17.2 Å². The first-order valence-electron chi connectivity index (χ1n) is 4.71. The molecule has 0 spiro atoms. The Kier molecular flexibility index (Phi) is 3.56. The van der Waals surface area contributed by atoms with Crippen LogP contribution in [0.25, 0.3) is 0 Å². The molecule has 0 saturated heterocycles. The van der Waals surface area contributed by atoms with E-state index in [0.717, 1.165) is 4.90 Å². The van der Waals surface area contributed by atoms with E-state index in [2.05, 4.69) is 9.97 Å². The van der Waals surface area contributed by atoms with Crippen molar-refractivity contribution in [3.05, 3.63) is 12.3 Å². The van der Waals surface area contributed by atoms with Gasteiger partial charge < -0.3 is 10.6 Å². The third kappa shape index (κ3) is 3.56. The van der Waals surface area contributed by atoms with Gasteiger partial charge in [-0.2, -0.15) is 18.2 Å². The molecule has 16 heavy (non-hydrogen) atoms. The molecule has 7 heteroatoms. The molecule has 0 bridgehead atoms. The summed E-state index contributed by atoms with van der Waals surface area (Å²) in [4.78, 5) is 8.53. The predicted molar refractivity (Wildman–Crippen MR) is 55.0 cm³/mol. The van der Waals surface area contributed by atoms with Crippen molar-refractivity contribution in [3.8, 4) is 0 Å². The molecule has 1 aromatic heterocycles. The summed E-state index contributed by atoms with van der Waals surface area (Å²) in [5, 5.41) is 0. The summed E-state index contributed by atoms with van der Waals surface area (Å²) in [5.41, 5.74) is 5.33. The number of rotatable bonds is 3. The summed E-state index contributed by atoms with van der Waals surface area (Å²) in [6, 6.07) is 1.08. The van der Waals surface area contributed by atoms with E-state index in [4.69, 9.17) is 5.73 Å². The van der Waals surface area contributed by atoms with Crippen molar-refractivity contribution in [2.45, 2.75) is 26.1 Å². The van der Waals surface area contributed by atoms with E-state index in [-0.39, 0.29) is 17.8 Å². The number of hydrogen-bond acceptors (Lipinski definition) is 4. The molecular formula is C9H13F3N4. The average molecular weight is 234 g/mol. The molecule has 1 heterocycles. The van der Waals surface area contributed by atoms with Crippen molar-refractivity contribution in [1.29, 1.82) is 0 Å². The Morgan fingerprint density at radius 3 is 2.50 bits per heavy atom. The molecule has 1 rings (SSSR count). The molecule has 0 unspecified atom stereocenters. The Morgan fingerprint density at radius 2 is 2.06 bits per heavy atom. The van der Waals surface area contributed by atoms with Crippen molar-refractivity contribution in [2.24, 2.45) is 0 Å². The second kappa shape index (κ2) is 4.54. The second-order valence-corrected chi connectivity index (χ2v) is 3.61. The third-order valence-electron chi connectivity index (χ3n) is 1.93. The van der Waals surface area contributed by atoms with Crippen molar-refractivity contribution >= 4 is 11.8 Å². The van der Waals surface area contributed by atoms with Gasteiger partial charge in [0, 0.05) is 12.2 Å². The first kappa shape index (κ1) is 12.5. The maximum Gasteiger partial charge on any atom is 0.405 e. The standard InChI is InChI=1S/C9H13F3N4/c1-6(2)16(5-9(10,11)12)7-3-4-14-8(13)15-7/h3-4,6H,5H2,1-2H3,(H2,13,14,15). The summed E-state index contributed by atoms with van der Waals surface area (Å²) < 4.78 is 37.0. The van der Waals surface area contributed by atoms with E-state index in [1.54, 1.807) is 13.8 Å². The average Bonchev–Trinajstić information content (AvgIpc) is 2.12. The van der Waals surface area contributed by atoms with Crippen LogP contribution in [0.3, 0.4) is 0 Å². The first-order chi connectivity index (χ1) is 7.29. The fourth-order valence-corrected chi connectivity index (χ4v) is 1.25. The Labute approximate surface area is 91.3 Å². The van der Waals surface area contributed by atoms with Gasteiger partial charge in [-0.3, -0.25) is 0 Å². The third-order valence-corrected chi connectivity index (χ3v) is 1.93. The maximum absolute atomic E-state index is 12.3. The molecule has 0 aliphatic heterocycles. The lowest BCUT2D eigenvalue weighted by Crippen LogP contribution is -2.39. The van der Waals surface area contributed by atoms with E-state index < -0.39 is 12.7 Å². The van der Waals surface area contributed by atoms with Crippen molar-refractivity contribution in [3.63, 3.8) is 0 Å². The van der Waals surface area contributed by atoms with E-state index in [1.165, 1.54) is 12.3 Å². The first-order valence-corrected chi connectivity index (χ1v) is 4.71. The van der Waals surface area contributed by atoms with E-state index in [9.17, 15) is 13.2 Å². The lowest BCUT2D eigenvalue weighted by Gasteiger charge is -2.28. The molecule has 0 radical (unpaired) electrons. The lowest BCUT2D eigenvalue weighted by molar-refractivity contribution is -0.120. The Morgan fingerprint density at radius 1 is 1.44 bits per heavy atom. The van der Waals surface area contributed by atoms with Crippen LogP contribution in [0, 0.1) is 0 Å². The highest BCUT2D eigenvalue weighted by Gasteiger charge is 2.32. The SMILES string of the molecule is CC(C)N(CC(F)(F)F)c1ccnc(N)n1. The summed E-state index contributed by atoms with van der Waals surface area (Å²) >= 11 is 0. The van der Waals surface area contributed by atoms with Gasteiger partial charge in [-0.25, -0.2) is 4.98 Å². The quantitative estimate of drug-likeness (QED) is 0.866. The molecule has 0 saturated carbocycles. The van der Waals surface area contributed by atoms with Gasteiger partial charge in [-0.1, -0.05) is 0 Å². The monoisotopic (exact) mass is 234 g/mol. The van der Waals surface area contributed by atoms with Gasteiger partial charge in [0.2, 0.25) is 5.95 Å². The van der Waals surface area contributed by atoms with Gasteiger partial charge in [0.15, 0.2) is 0 Å². The topological polar surface area (TPSA) is 55.0 Å². The highest BCUT2D eigenvalue weighted by molar-refractivity contribution is 5.41. The zero-order valence-corrected chi connectivity index (χ0v) is 8.99. The van der Waals surface area contributed by atoms with E-state index in [0.29, 0.717) is 0 Å². The van der Waals surface area contributed by atoms with Gasteiger partial charge in [-0.05, 0) is 19.9 Å². The van der Waals surface area contributed by atoms with Gasteiger partial charge in [0.05, 0.1) is 0 Å². The fraction of sp³-hybridized carbons (Fsp3) is 0.556. The number of nitrogens with zero attached hydrogens (tertiary/aromatic N) is 3. The normalized spacial score (nSPS) is 11.9.